The van der Waals surface area contributed by atoms with E-state index < -0.39 is 28.4 Å². The van der Waals surface area contributed by atoms with Gasteiger partial charge in [-0.25, -0.2) is 0 Å². The summed E-state index contributed by atoms with van der Waals surface area (Å²) in [4.78, 5) is 17.8. The summed E-state index contributed by atoms with van der Waals surface area (Å²) >= 11 is 0. The topological polar surface area (TPSA) is 73.2 Å². The van der Waals surface area contributed by atoms with Gasteiger partial charge in [0.25, 0.3) is 0 Å². The lowest BCUT2D eigenvalue weighted by atomic mass is 9.44. The lowest BCUT2D eigenvalue weighted by Crippen LogP contribution is -2.82. The van der Waals surface area contributed by atoms with Gasteiger partial charge in [-0.1, -0.05) is 18.2 Å². The van der Waals surface area contributed by atoms with Crippen LogP contribution in [-0.2, 0) is 29.2 Å². The van der Waals surface area contributed by atoms with Crippen LogP contribution in [0.3, 0.4) is 0 Å². The van der Waals surface area contributed by atoms with E-state index in [1.54, 1.807) is 18.0 Å². The minimum Gasteiger partial charge on any atom is -0.504 e. The van der Waals surface area contributed by atoms with Crippen LogP contribution in [0.4, 0.5) is 13.2 Å². The highest BCUT2D eigenvalue weighted by Gasteiger charge is 2.78. The van der Waals surface area contributed by atoms with E-state index in [-0.39, 0.29) is 30.2 Å². The van der Waals surface area contributed by atoms with Crippen molar-refractivity contribution >= 4 is 5.91 Å². The number of likely N-dealkylation sites (N-methyl/N-ethyl adjacent to an activating group) is 1. The maximum atomic E-state index is 13.6. The summed E-state index contributed by atoms with van der Waals surface area (Å²) in [6, 6.07) is 8.21. The molecule has 3 fully saturated rings. The van der Waals surface area contributed by atoms with Crippen LogP contribution < -0.4 is 4.74 Å². The number of halogens is 3. The van der Waals surface area contributed by atoms with Gasteiger partial charge in [-0.3, -0.25) is 9.69 Å². The Balaban J connectivity index is 1.19. The van der Waals surface area contributed by atoms with Crippen LogP contribution in [0, 0.1) is 5.92 Å². The molecule has 2 heterocycles. The standard InChI is InChI=1S/C32H37F3N2O4/c1-29-24(36(2)26(39)12-7-19-5-9-22(10-6-19)32(33,34)35)13-14-31(40)25-17-21-8-11-23(38)28(41-29)27(21)30(29,31)15-16-37(25)18-20-3-4-20/h5-6,8-11,20,24-25,38,40H,3-4,7,12-18H2,1-2H3/t24?,25-,29?,30+,31-/m1/s1. The van der Waals surface area contributed by atoms with Gasteiger partial charge in [-0.15, -0.1) is 0 Å². The Labute approximate surface area is 238 Å². The monoisotopic (exact) mass is 570 g/mol. The number of aryl methyl sites for hydroxylation is 1. The summed E-state index contributed by atoms with van der Waals surface area (Å²) in [5.41, 5.74) is -0.799. The first-order chi connectivity index (χ1) is 19.4. The van der Waals surface area contributed by atoms with E-state index in [2.05, 4.69) is 4.90 Å². The van der Waals surface area contributed by atoms with E-state index in [0.29, 0.717) is 49.3 Å². The van der Waals surface area contributed by atoms with Crippen LogP contribution in [0.25, 0.3) is 0 Å². The number of piperidine rings is 1. The molecule has 1 spiro atoms. The highest BCUT2D eigenvalue weighted by molar-refractivity contribution is 5.77. The lowest BCUT2D eigenvalue weighted by molar-refractivity contribution is -0.230. The molecule has 6 nitrogen and oxygen atoms in total. The number of benzene rings is 2. The molecule has 5 aliphatic rings. The summed E-state index contributed by atoms with van der Waals surface area (Å²) in [7, 11) is 1.77. The third kappa shape index (κ3) is 3.73. The number of aliphatic hydroxyl groups is 1. The minimum atomic E-state index is -4.40. The number of nitrogens with zero attached hydrogens (tertiary/aromatic N) is 2. The first-order valence-corrected chi connectivity index (χ1v) is 14.8. The van der Waals surface area contributed by atoms with Gasteiger partial charge in [-0.05, 0) is 93.7 Å². The molecular weight excluding hydrogens is 533 g/mol. The van der Waals surface area contributed by atoms with Gasteiger partial charge >= 0.3 is 6.18 Å². The molecule has 2 unspecified atom stereocenters. The van der Waals surface area contributed by atoms with Gasteiger partial charge in [-0.2, -0.15) is 13.2 Å². The zero-order valence-corrected chi connectivity index (χ0v) is 23.5. The molecular formula is C32H37F3N2O4. The van der Waals surface area contributed by atoms with E-state index >= 15 is 0 Å². The molecule has 9 heteroatoms. The molecule has 0 radical (unpaired) electrons. The number of phenolic OH excluding ortho intramolecular Hbond substituents is 1. The molecule has 2 aliphatic heterocycles. The Hall–Kier alpha value is -2.78. The van der Waals surface area contributed by atoms with E-state index in [1.165, 1.54) is 25.0 Å². The van der Waals surface area contributed by atoms with Crippen molar-refractivity contribution in [3.05, 3.63) is 58.7 Å². The molecule has 2 N–H and O–H groups in total. The Bertz CT molecular complexity index is 1390. The Morgan fingerprint density at radius 2 is 1.85 bits per heavy atom. The number of carbonyl (C=O) groups is 1. The van der Waals surface area contributed by atoms with Crippen LogP contribution in [0.15, 0.2) is 36.4 Å². The summed E-state index contributed by atoms with van der Waals surface area (Å²) in [6.45, 7) is 3.82. The number of amides is 1. The molecule has 2 aromatic carbocycles. The highest BCUT2D eigenvalue weighted by Crippen LogP contribution is 2.69. The fourth-order valence-electron chi connectivity index (χ4n) is 8.94. The first-order valence-electron chi connectivity index (χ1n) is 14.8. The molecule has 1 amide bonds. The van der Waals surface area contributed by atoms with Crippen molar-refractivity contribution in [2.75, 3.05) is 20.1 Å². The second kappa shape index (κ2) is 8.86. The number of alkyl halides is 3. The SMILES string of the molecule is CN(C(=O)CCc1ccc(C(F)(F)F)cc1)C1CC[C@@]2(O)[C@H]3Cc4ccc(O)c5c4[C@@]2(CCN3CC2CC2)C1(C)O5. The van der Waals surface area contributed by atoms with Crippen molar-refractivity contribution in [3.8, 4) is 11.5 Å². The molecule has 220 valence electrons. The predicted octanol–water partition coefficient (Wildman–Crippen LogP) is 4.83. The number of likely N-dealkylation sites (tertiary alicyclic amines) is 1. The van der Waals surface area contributed by atoms with Crippen molar-refractivity contribution in [2.45, 2.75) is 93.2 Å². The second-order valence-corrected chi connectivity index (χ2v) is 13.1. The van der Waals surface area contributed by atoms with Crippen LogP contribution in [0.1, 0.15) is 67.7 Å². The van der Waals surface area contributed by atoms with Gasteiger partial charge in [0.2, 0.25) is 5.91 Å². The molecule has 5 atom stereocenters. The normalized spacial score (nSPS) is 33.7. The van der Waals surface area contributed by atoms with E-state index in [4.69, 9.17) is 4.74 Å². The number of phenols is 1. The van der Waals surface area contributed by atoms with Gasteiger partial charge in [0, 0.05) is 31.6 Å². The Morgan fingerprint density at radius 1 is 1.12 bits per heavy atom. The van der Waals surface area contributed by atoms with Gasteiger partial charge < -0.3 is 19.8 Å². The average Bonchev–Trinajstić information content (AvgIpc) is 3.69. The summed E-state index contributed by atoms with van der Waals surface area (Å²) in [5.74, 6) is 1.07. The average molecular weight is 571 g/mol. The van der Waals surface area contributed by atoms with Gasteiger partial charge in [0.05, 0.1) is 22.6 Å². The molecule has 2 aromatic rings. The van der Waals surface area contributed by atoms with Crippen molar-refractivity contribution in [1.29, 1.82) is 0 Å². The number of rotatable bonds is 6. The second-order valence-electron chi connectivity index (χ2n) is 13.1. The van der Waals surface area contributed by atoms with Crippen molar-refractivity contribution in [3.63, 3.8) is 0 Å². The Morgan fingerprint density at radius 3 is 2.54 bits per heavy atom. The third-order valence-electron chi connectivity index (χ3n) is 11.1. The highest BCUT2D eigenvalue weighted by atomic mass is 19.4. The minimum absolute atomic E-state index is 0.0515. The molecule has 0 aromatic heterocycles. The van der Waals surface area contributed by atoms with Crippen LogP contribution in [0.2, 0.25) is 0 Å². The molecule has 1 saturated heterocycles. The molecule has 7 rings (SSSR count). The van der Waals surface area contributed by atoms with Crippen LogP contribution in [-0.4, -0.2) is 69.3 Å². The molecule has 3 aliphatic carbocycles. The lowest BCUT2D eigenvalue weighted by Gasteiger charge is -2.68. The third-order valence-corrected chi connectivity index (χ3v) is 11.1. The number of aromatic hydroxyl groups is 1. The quantitative estimate of drug-likeness (QED) is 0.521. The van der Waals surface area contributed by atoms with Crippen molar-refractivity contribution < 1.29 is 32.9 Å². The zero-order valence-electron chi connectivity index (χ0n) is 23.5. The van der Waals surface area contributed by atoms with Crippen molar-refractivity contribution in [2.24, 2.45) is 5.92 Å². The smallest absolute Gasteiger partial charge is 0.416 e. The summed E-state index contributed by atoms with van der Waals surface area (Å²) < 4.78 is 45.6. The maximum Gasteiger partial charge on any atom is 0.416 e. The van der Waals surface area contributed by atoms with Gasteiger partial charge in [0.15, 0.2) is 11.5 Å². The van der Waals surface area contributed by atoms with Crippen molar-refractivity contribution in [1.82, 2.24) is 9.80 Å². The van der Waals surface area contributed by atoms with E-state index in [0.717, 1.165) is 36.3 Å². The number of hydrogen-bond acceptors (Lipinski definition) is 5. The van der Waals surface area contributed by atoms with E-state index in [1.807, 2.05) is 13.0 Å². The summed E-state index contributed by atoms with van der Waals surface area (Å²) in [5, 5.41) is 23.7. The number of hydrogen-bond donors (Lipinski definition) is 2. The fourth-order valence-corrected chi connectivity index (χ4v) is 8.94. The van der Waals surface area contributed by atoms with E-state index in [9.17, 15) is 28.2 Å². The first kappa shape index (κ1) is 27.1. The number of carbonyl (C=O) groups excluding carboxylic acids is 1. The van der Waals surface area contributed by atoms with Gasteiger partial charge in [0.1, 0.15) is 5.60 Å². The molecule has 2 bridgehead atoms. The summed E-state index contributed by atoms with van der Waals surface area (Å²) in [6.07, 6.45) is 1.01. The van der Waals surface area contributed by atoms with Crippen LogP contribution in [0.5, 0.6) is 11.5 Å². The molecule has 41 heavy (non-hydrogen) atoms. The Kier molecular flexibility index (Phi) is 5.85. The van der Waals surface area contributed by atoms with Crippen LogP contribution >= 0.6 is 0 Å². The number of ether oxygens (including phenoxy) is 1. The maximum absolute atomic E-state index is 13.6. The fraction of sp³-hybridized carbons (Fsp3) is 0.594. The largest absolute Gasteiger partial charge is 0.504 e. The predicted molar refractivity (Wildman–Crippen MR) is 146 cm³/mol. The zero-order chi connectivity index (χ0) is 28.9. The molecule has 2 saturated carbocycles.